The molecule has 4 nitrogen and oxygen atoms in total. The van der Waals surface area contributed by atoms with Crippen molar-refractivity contribution in [3.8, 4) is 0 Å². The highest BCUT2D eigenvalue weighted by atomic mass is 19.4. The molecular weight excluding hydrogens is 197 g/mol. The Morgan fingerprint density at radius 3 is 2.64 bits per heavy atom. The van der Waals surface area contributed by atoms with Crippen molar-refractivity contribution in [1.29, 1.82) is 0 Å². The van der Waals surface area contributed by atoms with Gasteiger partial charge < -0.3 is 5.73 Å². The minimum atomic E-state index is -4.46. The Bertz CT molecular complexity index is 473. The first-order chi connectivity index (χ1) is 6.48. The van der Waals surface area contributed by atoms with Crippen molar-refractivity contribution in [2.75, 3.05) is 5.73 Å². The zero-order valence-electron chi connectivity index (χ0n) is 6.78. The van der Waals surface area contributed by atoms with Gasteiger partial charge in [-0.3, -0.25) is 0 Å². The molecule has 2 aromatic rings. The van der Waals surface area contributed by atoms with Gasteiger partial charge in [-0.15, -0.1) is 0 Å². The third-order valence-electron chi connectivity index (χ3n) is 1.71. The molecular formula is C7H5F3N4. The number of anilines is 1. The number of nitrogens with zero attached hydrogens (tertiary/aromatic N) is 3. The molecule has 0 aliphatic heterocycles. The lowest BCUT2D eigenvalue weighted by molar-refractivity contribution is -0.141. The summed E-state index contributed by atoms with van der Waals surface area (Å²) in [6, 6.07) is 0.863. The molecule has 14 heavy (non-hydrogen) atoms. The van der Waals surface area contributed by atoms with Crippen molar-refractivity contribution in [3.63, 3.8) is 0 Å². The van der Waals surface area contributed by atoms with E-state index in [4.69, 9.17) is 5.73 Å². The quantitative estimate of drug-likeness (QED) is 0.701. The van der Waals surface area contributed by atoms with Crippen LogP contribution in [0.25, 0.3) is 5.52 Å². The molecule has 2 N–H and O–H groups in total. The van der Waals surface area contributed by atoms with Crippen LogP contribution in [-0.4, -0.2) is 14.6 Å². The smallest absolute Gasteiger partial charge is 0.382 e. The van der Waals surface area contributed by atoms with Gasteiger partial charge in [-0.1, -0.05) is 0 Å². The highest BCUT2D eigenvalue weighted by Gasteiger charge is 2.34. The summed E-state index contributed by atoms with van der Waals surface area (Å²) in [5.41, 5.74) is 4.55. The van der Waals surface area contributed by atoms with E-state index in [1.807, 2.05) is 0 Å². The second kappa shape index (κ2) is 2.60. The summed E-state index contributed by atoms with van der Waals surface area (Å²) in [6.45, 7) is 0. The SMILES string of the molecule is Nc1nccn2nc(C(F)(F)F)cc12. The van der Waals surface area contributed by atoms with E-state index in [2.05, 4.69) is 10.1 Å². The Kier molecular flexibility index (Phi) is 1.63. The van der Waals surface area contributed by atoms with Gasteiger partial charge in [0.2, 0.25) is 0 Å². The number of rotatable bonds is 0. The maximum absolute atomic E-state index is 12.2. The molecule has 0 amide bonds. The van der Waals surface area contributed by atoms with E-state index in [1.54, 1.807) is 0 Å². The fraction of sp³-hybridized carbons (Fsp3) is 0.143. The molecule has 7 heteroatoms. The summed E-state index contributed by atoms with van der Waals surface area (Å²) in [7, 11) is 0. The molecule has 0 saturated heterocycles. The first kappa shape index (κ1) is 8.79. The highest BCUT2D eigenvalue weighted by Crippen LogP contribution is 2.29. The third kappa shape index (κ3) is 1.26. The van der Waals surface area contributed by atoms with Gasteiger partial charge in [-0.2, -0.15) is 18.3 Å². The van der Waals surface area contributed by atoms with Crippen molar-refractivity contribution in [2.24, 2.45) is 0 Å². The average molecular weight is 202 g/mol. The van der Waals surface area contributed by atoms with Crippen LogP contribution < -0.4 is 5.73 Å². The lowest BCUT2D eigenvalue weighted by atomic mass is 10.4. The van der Waals surface area contributed by atoms with E-state index in [1.165, 1.54) is 12.4 Å². The molecule has 0 spiro atoms. The molecule has 0 saturated carbocycles. The molecule has 0 radical (unpaired) electrons. The van der Waals surface area contributed by atoms with E-state index in [-0.39, 0.29) is 11.3 Å². The number of nitrogens with two attached hydrogens (primary N) is 1. The lowest BCUT2D eigenvalue weighted by Crippen LogP contribution is -2.05. The minimum absolute atomic E-state index is 0.0236. The van der Waals surface area contributed by atoms with E-state index < -0.39 is 11.9 Å². The first-order valence-electron chi connectivity index (χ1n) is 3.65. The van der Waals surface area contributed by atoms with Crippen LogP contribution in [0.1, 0.15) is 5.69 Å². The van der Waals surface area contributed by atoms with Gasteiger partial charge in [0, 0.05) is 18.5 Å². The zero-order valence-corrected chi connectivity index (χ0v) is 6.78. The Hall–Kier alpha value is -1.79. The molecule has 2 rings (SSSR count). The van der Waals surface area contributed by atoms with Crippen molar-refractivity contribution in [2.45, 2.75) is 6.18 Å². The van der Waals surface area contributed by atoms with Crippen LogP contribution in [0.3, 0.4) is 0 Å². The third-order valence-corrected chi connectivity index (χ3v) is 1.71. The van der Waals surface area contributed by atoms with Crippen molar-refractivity contribution >= 4 is 11.3 Å². The summed E-state index contributed by atoms with van der Waals surface area (Å²) in [4.78, 5) is 3.65. The molecule has 0 aromatic carbocycles. The number of nitrogen functional groups attached to an aromatic ring is 1. The minimum Gasteiger partial charge on any atom is -0.382 e. The number of fused-ring (bicyclic) bond motifs is 1. The van der Waals surface area contributed by atoms with E-state index >= 15 is 0 Å². The van der Waals surface area contributed by atoms with E-state index in [0.717, 1.165) is 10.6 Å². The standard InChI is InChI=1S/C7H5F3N4/c8-7(9,10)5-3-4-6(11)12-1-2-14(4)13-5/h1-3H,(H2,11,12). The monoisotopic (exact) mass is 202 g/mol. The second-order valence-corrected chi connectivity index (χ2v) is 2.67. The number of hydrogen-bond donors (Lipinski definition) is 1. The van der Waals surface area contributed by atoms with Gasteiger partial charge >= 0.3 is 6.18 Å². The van der Waals surface area contributed by atoms with Crippen LogP contribution in [0, 0.1) is 0 Å². The molecule has 0 aliphatic rings. The Balaban J connectivity index is 2.69. The van der Waals surface area contributed by atoms with Crippen LogP contribution in [0.5, 0.6) is 0 Å². The molecule has 0 fully saturated rings. The van der Waals surface area contributed by atoms with Crippen LogP contribution in [0.4, 0.5) is 19.0 Å². The zero-order chi connectivity index (χ0) is 10.3. The Labute approximate surface area is 76.2 Å². The average Bonchev–Trinajstić information content (AvgIpc) is 2.48. The molecule has 0 aliphatic carbocycles. The largest absolute Gasteiger partial charge is 0.435 e. The highest BCUT2D eigenvalue weighted by molar-refractivity contribution is 5.65. The van der Waals surface area contributed by atoms with Gasteiger partial charge in [-0.25, -0.2) is 9.50 Å². The summed E-state index contributed by atoms with van der Waals surface area (Å²) in [5.74, 6) is 0.0236. The second-order valence-electron chi connectivity index (χ2n) is 2.67. The lowest BCUT2D eigenvalue weighted by Gasteiger charge is -1.98. The Morgan fingerprint density at radius 1 is 1.36 bits per heavy atom. The maximum Gasteiger partial charge on any atom is 0.435 e. The normalized spacial score (nSPS) is 12.2. The van der Waals surface area contributed by atoms with Crippen LogP contribution >= 0.6 is 0 Å². The predicted molar refractivity (Wildman–Crippen MR) is 42.4 cm³/mol. The van der Waals surface area contributed by atoms with Gasteiger partial charge in [0.15, 0.2) is 5.69 Å². The van der Waals surface area contributed by atoms with Crippen molar-refractivity contribution in [3.05, 3.63) is 24.2 Å². The fourth-order valence-electron chi connectivity index (χ4n) is 1.08. The van der Waals surface area contributed by atoms with E-state index in [0.29, 0.717) is 0 Å². The van der Waals surface area contributed by atoms with Crippen molar-refractivity contribution in [1.82, 2.24) is 14.6 Å². The predicted octanol–water partition coefficient (Wildman–Crippen LogP) is 1.33. The summed E-state index contributed by atoms with van der Waals surface area (Å²) >= 11 is 0. The van der Waals surface area contributed by atoms with Gasteiger partial charge in [0.1, 0.15) is 11.3 Å². The van der Waals surface area contributed by atoms with Crippen LogP contribution in [-0.2, 0) is 6.18 Å². The number of alkyl halides is 3. The maximum atomic E-state index is 12.2. The van der Waals surface area contributed by atoms with E-state index in [9.17, 15) is 13.2 Å². The molecule has 0 unspecified atom stereocenters. The molecule has 0 atom stereocenters. The number of halogens is 3. The van der Waals surface area contributed by atoms with Gasteiger partial charge in [0.25, 0.3) is 0 Å². The summed E-state index contributed by atoms with van der Waals surface area (Å²) < 4.78 is 37.7. The van der Waals surface area contributed by atoms with Crippen molar-refractivity contribution < 1.29 is 13.2 Å². The number of hydrogen-bond acceptors (Lipinski definition) is 3. The van der Waals surface area contributed by atoms with Crippen LogP contribution in [0.2, 0.25) is 0 Å². The molecule has 0 bridgehead atoms. The molecule has 2 aromatic heterocycles. The Morgan fingerprint density at radius 2 is 2.07 bits per heavy atom. The van der Waals surface area contributed by atoms with Gasteiger partial charge in [-0.05, 0) is 0 Å². The van der Waals surface area contributed by atoms with Gasteiger partial charge in [0.05, 0.1) is 0 Å². The fourth-order valence-corrected chi connectivity index (χ4v) is 1.08. The summed E-state index contributed by atoms with van der Waals surface area (Å²) in [6.07, 6.45) is -1.87. The first-order valence-corrected chi connectivity index (χ1v) is 3.65. The molecule has 2 heterocycles. The molecule has 74 valence electrons. The van der Waals surface area contributed by atoms with Crippen LogP contribution in [0.15, 0.2) is 18.5 Å². The summed E-state index contributed by atoms with van der Waals surface area (Å²) in [5, 5.41) is 3.32. The number of aromatic nitrogens is 3. The topological polar surface area (TPSA) is 56.2 Å².